The minimum absolute atomic E-state index is 0.0742. The quantitative estimate of drug-likeness (QED) is 0.725. The van der Waals surface area contributed by atoms with Crippen molar-refractivity contribution in [1.29, 1.82) is 0 Å². The standard InChI is InChI=1S/C19H22N4O3S/c1-14-6-7-19(20-12-14)23-10-8-15(9-11-23)22-27(24,25)13-17-16-4-2-3-5-18(16)26-21-17/h2-7,12,15,22H,8-11,13H2,1H3. The highest BCUT2D eigenvalue weighted by Gasteiger charge is 2.25. The van der Waals surface area contributed by atoms with E-state index < -0.39 is 10.0 Å². The van der Waals surface area contributed by atoms with E-state index in [1.807, 2.05) is 43.5 Å². The van der Waals surface area contributed by atoms with Crippen LogP contribution in [0.2, 0.25) is 0 Å². The maximum absolute atomic E-state index is 12.6. The smallest absolute Gasteiger partial charge is 0.217 e. The van der Waals surface area contributed by atoms with Gasteiger partial charge in [0.25, 0.3) is 0 Å². The van der Waals surface area contributed by atoms with E-state index in [1.165, 1.54) is 0 Å². The van der Waals surface area contributed by atoms with Gasteiger partial charge in [-0.25, -0.2) is 18.1 Å². The van der Waals surface area contributed by atoms with Crippen LogP contribution in [0.5, 0.6) is 0 Å². The Bertz CT molecular complexity index is 1020. The lowest BCUT2D eigenvalue weighted by atomic mass is 10.1. The molecule has 8 heteroatoms. The molecular weight excluding hydrogens is 364 g/mol. The molecule has 3 heterocycles. The normalized spacial score (nSPS) is 16.1. The van der Waals surface area contributed by atoms with Crippen molar-refractivity contribution in [3.63, 3.8) is 0 Å². The number of fused-ring (bicyclic) bond motifs is 1. The highest BCUT2D eigenvalue weighted by Crippen LogP contribution is 2.21. The lowest BCUT2D eigenvalue weighted by Crippen LogP contribution is -2.45. The third kappa shape index (κ3) is 4.12. The first-order valence-corrected chi connectivity index (χ1v) is 10.7. The van der Waals surface area contributed by atoms with Crippen LogP contribution in [0.4, 0.5) is 5.82 Å². The average molecular weight is 386 g/mol. The molecule has 7 nitrogen and oxygen atoms in total. The van der Waals surface area contributed by atoms with E-state index in [0.717, 1.165) is 42.7 Å². The van der Waals surface area contributed by atoms with Crippen molar-refractivity contribution in [3.05, 3.63) is 53.9 Å². The van der Waals surface area contributed by atoms with E-state index in [-0.39, 0.29) is 11.8 Å². The fourth-order valence-corrected chi connectivity index (χ4v) is 4.79. The van der Waals surface area contributed by atoms with Gasteiger partial charge in [-0.1, -0.05) is 23.4 Å². The molecular formula is C19H22N4O3S. The topological polar surface area (TPSA) is 88.3 Å². The zero-order valence-corrected chi connectivity index (χ0v) is 15.9. The first-order chi connectivity index (χ1) is 13.0. The average Bonchev–Trinajstić information content (AvgIpc) is 3.05. The monoisotopic (exact) mass is 386 g/mol. The minimum atomic E-state index is -3.49. The maximum atomic E-state index is 12.6. The number of hydrogen-bond acceptors (Lipinski definition) is 6. The molecule has 0 aliphatic carbocycles. The fraction of sp³-hybridized carbons (Fsp3) is 0.368. The molecule has 1 aromatic carbocycles. The van der Waals surface area contributed by atoms with Gasteiger partial charge in [0.2, 0.25) is 10.0 Å². The maximum Gasteiger partial charge on any atom is 0.217 e. The molecule has 0 atom stereocenters. The number of hydrogen-bond donors (Lipinski definition) is 1. The van der Waals surface area contributed by atoms with Crippen LogP contribution in [0, 0.1) is 6.92 Å². The number of sulfonamides is 1. The van der Waals surface area contributed by atoms with Gasteiger partial charge in [0.15, 0.2) is 5.58 Å². The summed E-state index contributed by atoms with van der Waals surface area (Å²) >= 11 is 0. The minimum Gasteiger partial charge on any atom is -0.357 e. The molecule has 4 rings (SSSR count). The Hall–Kier alpha value is -2.45. The zero-order valence-electron chi connectivity index (χ0n) is 15.1. The highest BCUT2D eigenvalue weighted by atomic mass is 32.2. The van der Waals surface area contributed by atoms with E-state index in [0.29, 0.717) is 11.3 Å². The molecule has 1 N–H and O–H groups in total. The van der Waals surface area contributed by atoms with Crippen molar-refractivity contribution < 1.29 is 12.9 Å². The third-order valence-corrected chi connectivity index (χ3v) is 6.19. The number of nitrogens with one attached hydrogen (secondary N) is 1. The van der Waals surface area contributed by atoms with Gasteiger partial charge in [-0.05, 0) is 43.5 Å². The molecule has 1 fully saturated rings. The number of piperidine rings is 1. The van der Waals surface area contributed by atoms with Gasteiger partial charge in [0.1, 0.15) is 17.3 Å². The van der Waals surface area contributed by atoms with Crippen LogP contribution in [0.25, 0.3) is 11.0 Å². The van der Waals surface area contributed by atoms with Crippen LogP contribution in [0.3, 0.4) is 0 Å². The third-order valence-electron chi connectivity index (χ3n) is 4.84. The summed E-state index contributed by atoms with van der Waals surface area (Å²) in [6.07, 6.45) is 3.34. The van der Waals surface area contributed by atoms with Gasteiger partial charge in [-0.3, -0.25) is 0 Å². The fourth-order valence-electron chi connectivity index (χ4n) is 3.39. The molecule has 0 radical (unpaired) electrons. The number of aromatic nitrogens is 2. The number of rotatable bonds is 5. The van der Waals surface area contributed by atoms with Crippen molar-refractivity contribution in [3.8, 4) is 0 Å². The number of para-hydroxylation sites is 1. The number of nitrogens with zero attached hydrogens (tertiary/aromatic N) is 3. The Kier molecular flexibility index (Phi) is 4.84. The summed E-state index contributed by atoms with van der Waals surface area (Å²) in [5.41, 5.74) is 2.17. The second-order valence-electron chi connectivity index (χ2n) is 6.96. The molecule has 0 unspecified atom stereocenters. The lowest BCUT2D eigenvalue weighted by molar-refractivity contribution is 0.444. The first-order valence-electron chi connectivity index (χ1n) is 9.01. The van der Waals surface area contributed by atoms with Crippen molar-refractivity contribution in [1.82, 2.24) is 14.9 Å². The van der Waals surface area contributed by atoms with Gasteiger partial charge in [0, 0.05) is 30.7 Å². The van der Waals surface area contributed by atoms with Crippen LogP contribution in [-0.2, 0) is 15.8 Å². The van der Waals surface area contributed by atoms with Gasteiger partial charge in [-0.2, -0.15) is 0 Å². The second-order valence-corrected chi connectivity index (χ2v) is 8.71. The number of benzene rings is 1. The Morgan fingerprint density at radius 2 is 1.96 bits per heavy atom. The molecule has 1 saturated heterocycles. The van der Waals surface area contributed by atoms with E-state index >= 15 is 0 Å². The Morgan fingerprint density at radius 1 is 1.19 bits per heavy atom. The van der Waals surface area contributed by atoms with Gasteiger partial charge >= 0.3 is 0 Å². The molecule has 1 aliphatic heterocycles. The van der Waals surface area contributed by atoms with Gasteiger partial charge < -0.3 is 9.42 Å². The summed E-state index contributed by atoms with van der Waals surface area (Å²) in [6.45, 7) is 3.56. The molecule has 142 valence electrons. The van der Waals surface area contributed by atoms with Crippen LogP contribution in [0.1, 0.15) is 24.1 Å². The molecule has 0 bridgehead atoms. The highest BCUT2D eigenvalue weighted by molar-refractivity contribution is 7.88. The van der Waals surface area contributed by atoms with Crippen molar-refractivity contribution in [2.75, 3.05) is 18.0 Å². The summed E-state index contributed by atoms with van der Waals surface area (Å²) in [5.74, 6) is 0.764. The van der Waals surface area contributed by atoms with E-state index in [9.17, 15) is 8.42 Å². The lowest BCUT2D eigenvalue weighted by Gasteiger charge is -2.33. The molecule has 27 heavy (non-hydrogen) atoms. The summed E-state index contributed by atoms with van der Waals surface area (Å²) in [6, 6.07) is 11.3. The number of aryl methyl sites for hydroxylation is 1. The molecule has 0 spiro atoms. The number of pyridine rings is 1. The van der Waals surface area contributed by atoms with E-state index in [1.54, 1.807) is 6.07 Å². The summed E-state index contributed by atoms with van der Waals surface area (Å²) in [5, 5.41) is 4.66. The first kappa shape index (κ1) is 17.9. The predicted molar refractivity (Wildman–Crippen MR) is 104 cm³/mol. The molecule has 0 saturated carbocycles. The van der Waals surface area contributed by atoms with Crippen LogP contribution in [0.15, 0.2) is 47.1 Å². The van der Waals surface area contributed by atoms with Crippen LogP contribution in [-0.4, -0.2) is 37.7 Å². The number of anilines is 1. The largest absolute Gasteiger partial charge is 0.357 e. The van der Waals surface area contributed by atoms with Crippen LogP contribution < -0.4 is 9.62 Å². The zero-order chi connectivity index (χ0) is 18.9. The summed E-state index contributed by atoms with van der Waals surface area (Å²) in [4.78, 5) is 6.64. The van der Waals surface area contributed by atoms with Crippen molar-refractivity contribution in [2.45, 2.75) is 31.6 Å². The summed E-state index contributed by atoms with van der Waals surface area (Å²) in [7, 11) is -3.49. The van der Waals surface area contributed by atoms with Crippen LogP contribution >= 0.6 is 0 Å². The molecule has 2 aromatic heterocycles. The second kappa shape index (κ2) is 7.28. The van der Waals surface area contributed by atoms with E-state index in [2.05, 4.69) is 19.8 Å². The van der Waals surface area contributed by atoms with Gasteiger partial charge in [-0.15, -0.1) is 0 Å². The Labute approximate surface area is 158 Å². The van der Waals surface area contributed by atoms with Gasteiger partial charge in [0.05, 0.1) is 0 Å². The van der Waals surface area contributed by atoms with Crippen molar-refractivity contribution >= 4 is 26.8 Å². The summed E-state index contributed by atoms with van der Waals surface area (Å²) < 4.78 is 33.2. The Morgan fingerprint density at radius 3 is 2.70 bits per heavy atom. The predicted octanol–water partition coefficient (Wildman–Crippen LogP) is 2.62. The Balaban J connectivity index is 1.37. The molecule has 0 amide bonds. The molecule has 1 aliphatic rings. The van der Waals surface area contributed by atoms with E-state index in [4.69, 9.17) is 4.52 Å². The SMILES string of the molecule is Cc1ccc(N2CCC(NS(=O)(=O)Cc3noc4ccccc34)CC2)nc1. The van der Waals surface area contributed by atoms with Crippen molar-refractivity contribution in [2.24, 2.45) is 0 Å². The molecule has 3 aromatic rings.